The van der Waals surface area contributed by atoms with Crippen LogP contribution in [-0.2, 0) is 16.0 Å². The number of carbonyl (C=O) groups is 2. The first-order valence-electron chi connectivity index (χ1n) is 9.87. The minimum absolute atomic E-state index is 0.299. The summed E-state index contributed by atoms with van der Waals surface area (Å²) in [6.07, 6.45) is 16.0. The third-order valence-corrected chi connectivity index (χ3v) is 4.84. The van der Waals surface area contributed by atoms with Gasteiger partial charge in [-0.2, -0.15) is 0 Å². The van der Waals surface area contributed by atoms with Gasteiger partial charge in [0, 0.05) is 6.08 Å². The maximum Gasteiger partial charge on any atom is 0.258 e. The monoisotopic (exact) mass is 341 g/mol. The summed E-state index contributed by atoms with van der Waals surface area (Å²) in [5, 5.41) is 2.28. The summed E-state index contributed by atoms with van der Waals surface area (Å²) in [5.74, 6) is -0.623. The Morgan fingerprint density at radius 3 is 1.84 bits per heavy atom. The molecular weight excluding hydrogens is 310 g/mol. The van der Waals surface area contributed by atoms with Gasteiger partial charge in [0.25, 0.3) is 11.8 Å². The zero-order valence-corrected chi connectivity index (χ0v) is 15.5. The van der Waals surface area contributed by atoms with Gasteiger partial charge in [-0.05, 0) is 24.0 Å². The smallest absolute Gasteiger partial charge is 0.258 e. The van der Waals surface area contributed by atoms with Crippen LogP contribution in [-0.4, -0.2) is 11.8 Å². The summed E-state index contributed by atoms with van der Waals surface area (Å²) in [5.41, 5.74) is 2.58. The molecule has 0 radical (unpaired) electrons. The molecule has 0 aromatic heterocycles. The molecule has 0 fully saturated rings. The molecule has 0 spiro atoms. The molecule has 0 saturated carbocycles. The molecular formula is C22H31NO2. The van der Waals surface area contributed by atoms with Gasteiger partial charge in [-0.15, -0.1) is 0 Å². The average Bonchev–Trinajstić information content (AvgIpc) is 2.95. The zero-order valence-electron chi connectivity index (χ0n) is 15.5. The van der Waals surface area contributed by atoms with Gasteiger partial charge in [0.05, 0.1) is 5.57 Å². The van der Waals surface area contributed by atoms with Gasteiger partial charge in [-0.25, -0.2) is 0 Å². The molecule has 3 nitrogen and oxygen atoms in total. The van der Waals surface area contributed by atoms with E-state index in [1.807, 2.05) is 12.1 Å². The maximum absolute atomic E-state index is 11.6. The van der Waals surface area contributed by atoms with Crippen molar-refractivity contribution in [3.05, 3.63) is 41.5 Å². The number of carbonyl (C=O) groups excluding carboxylic acids is 2. The number of aryl methyl sites for hydroxylation is 1. The Morgan fingerprint density at radius 1 is 0.760 bits per heavy atom. The van der Waals surface area contributed by atoms with Crippen molar-refractivity contribution >= 4 is 17.4 Å². The van der Waals surface area contributed by atoms with E-state index in [0.29, 0.717) is 5.57 Å². The second kappa shape index (κ2) is 10.9. The van der Waals surface area contributed by atoms with Crippen molar-refractivity contribution in [1.82, 2.24) is 5.32 Å². The van der Waals surface area contributed by atoms with Gasteiger partial charge in [0.1, 0.15) is 0 Å². The predicted molar refractivity (Wildman–Crippen MR) is 103 cm³/mol. The Labute approximate surface area is 151 Å². The molecule has 25 heavy (non-hydrogen) atoms. The lowest BCUT2D eigenvalue weighted by Gasteiger charge is -2.05. The molecule has 136 valence electrons. The van der Waals surface area contributed by atoms with Crippen molar-refractivity contribution in [1.29, 1.82) is 0 Å². The van der Waals surface area contributed by atoms with Crippen molar-refractivity contribution < 1.29 is 9.59 Å². The molecule has 2 amide bonds. The van der Waals surface area contributed by atoms with Crippen LogP contribution in [0.5, 0.6) is 0 Å². The van der Waals surface area contributed by atoms with Crippen LogP contribution in [0, 0.1) is 0 Å². The van der Waals surface area contributed by atoms with Gasteiger partial charge in [0.15, 0.2) is 0 Å². The fraction of sp³-hybridized carbons (Fsp3) is 0.545. The third kappa shape index (κ3) is 6.85. The topological polar surface area (TPSA) is 46.2 Å². The third-order valence-electron chi connectivity index (χ3n) is 4.84. The highest BCUT2D eigenvalue weighted by molar-refractivity contribution is 6.33. The minimum Gasteiger partial charge on any atom is -0.289 e. The van der Waals surface area contributed by atoms with Crippen LogP contribution < -0.4 is 5.32 Å². The molecule has 0 unspecified atom stereocenters. The van der Waals surface area contributed by atoms with Gasteiger partial charge in [0.2, 0.25) is 0 Å². The maximum atomic E-state index is 11.6. The summed E-state index contributed by atoms with van der Waals surface area (Å²) in [6.45, 7) is 2.26. The molecule has 0 bridgehead atoms. The summed E-state index contributed by atoms with van der Waals surface area (Å²) in [4.78, 5) is 22.9. The highest BCUT2D eigenvalue weighted by atomic mass is 16.2. The highest BCUT2D eigenvalue weighted by Gasteiger charge is 2.21. The Morgan fingerprint density at radius 2 is 1.32 bits per heavy atom. The van der Waals surface area contributed by atoms with Crippen LogP contribution in [0.25, 0.3) is 5.57 Å². The van der Waals surface area contributed by atoms with Gasteiger partial charge in [-0.1, -0.05) is 89.0 Å². The molecule has 1 N–H and O–H groups in total. The molecule has 0 saturated heterocycles. The molecule has 1 aromatic rings. The van der Waals surface area contributed by atoms with Gasteiger partial charge >= 0.3 is 0 Å². The molecule has 2 rings (SSSR count). The number of amides is 2. The molecule has 1 aromatic carbocycles. The van der Waals surface area contributed by atoms with Crippen LogP contribution in [0.4, 0.5) is 0 Å². The van der Waals surface area contributed by atoms with E-state index >= 15 is 0 Å². The standard InChI is InChI=1S/C22H31NO2/c1-2-3-4-5-6-7-8-9-10-11-12-18-13-15-19(16-14-18)20-17-21(24)23-22(20)25/h13-17H,2-12H2,1H3,(H,23,24,25). The lowest BCUT2D eigenvalue weighted by Crippen LogP contribution is -2.21. The van der Waals surface area contributed by atoms with E-state index in [1.54, 1.807) is 0 Å². The Balaban J connectivity index is 1.59. The Kier molecular flexibility index (Phi) is 8.44. The van der Waals surface area contributed by atoms with Crippen LogP contribution >= 0.6 is 0 Å². The van der Waals surface area contributed by atoms with E-state index in [-0.39, 0.29) is 11.8 Å². The first-order chi connectivity index (χ1) is 12.2. The molecule has 3 heteroatoms. The second-order valence-corrected chi connectivity index (χ2v) is 7.01. The number of nitrogens with one attached hydrogen (secondary N) is 1. The van der Waals surface area contributed by atoms with E-state index in [9.17, 15) is 9.59 Å². The molecule has 1 aliphatic heterocycles. The highest BCUT2D eigenvalue weighted by Crippen LogP contribution is 2.19. The molecule has 1 heterocycles. The predicted octanol–water partition coefficient (Wildman–Crippen LogP) is 5.19. The lowest BCUT2D eigenvalue weighted by molar-refractivity contribution is -0.123. The van der Waals surface area contributed by atoms with E-state index in [1.165, 1.54) is 75.8 Å². The van der Waals surface area contributed by atoms with Crippen LogP contribution in [0.3, 0.4) is 0 Å². The number of benzene rings is 1. The molecule has 0 atom stereocenters. The van der Waals surface area contributed by atoms with Crippen molar-refractivity contribution in [3.63, 3.8) is 0 Å². The van der Waals surface area contributed by atoms with E-state index in [0.717, 1.165) is 12.0 Å². The average molecular weight is 341 g/mol. The van der Waals surface area contributed by atoms with E-state index < -0.39 is 0 Å². The molecule has 1 aliphatic rings. The number of imide groups is 1. The van der Waals surface area contributed by atoms with E-state index in [2.05, 4.69) is 24.4 Å². The van der Waals surface area contributed by atoms with Crippen molar-refractivity contribution in [2.24, 2.45) is 0 Å². The van der Waals surface area contributed by atoms with Crippen LogP contribution in [0.1, 0.15) is 82.3 Å². The van der Waals surface area contributed by atoms with Crippen LogP contribution in [0.15, 0.2) is 30.3 Å². The quantitative estimate of drug-likeness (QED) is 0.420. The van der Waals surface area contributed by atoms with E-state index in [4.69, 9.17) is 0 Å². The normalized spacial score (nSPS) is 13.9. The summed E-state index contributed by atoms with van der Waals surface area (Å²) in [7, 11) is 0. The number of hydrogen-bond donors (Lipinski definition) is 1. The zero-order chi connectivity index (χ0) is 17.9. The fourth-order valence-corrected chi connectivity index (χ4v) is 3.29. The van der Waals surface area contributed by atoms with Crippen molar-refractivity contribution in [2.75, 3.05) is 0 Å². The Bertz CT molecular complexity index is 587. The van der Waals surface area contributed by atoms with Gasteiger partial charge in [-0.3, -0.25) is 14.9 Å². The largest absolute Gasteiger partial charge is 0.289 e. The SMILES string of the molecule is CCCCCCCCCCCCc1ccc(C2=CC(=O)NC2=O)cc1. The van der Waals surface area contributed by atoms with Crippen molar-refractivity contribution in [2.45, 2.75) is 77.6 Å². The summed E-state index contributed by atoms with van der Waals surface area (Å²) >= 11 is 0. The summed E-state index contributed by atoms with van der Waals surface area (Å²) < 4.78 is 0. The van der Waals surface area contributed by atoms with Crippen molar-refractivity contribution in [3.8, 4) is 0 Å². The Hall–Kier alpha value is -1.90. The number of unbranched alkanes of at least 4 members (excludes halogenated alkanes) is 9. The molecule has 0 aliphatic carbocycles. The first-order valence-corrected chi connectivity index (χ1v) is 9.87. The minimum atomic E-state index is -0.325. The van der Waals surface area contributed by atoms with Gasteiger partial charge < -0.3 is 0 Å². The number of hydrogen-bond acceptors (Lipinski definition) is 2. The second-order valence-electron chi connectivity index (χ2n) is 7.01. The van der Waals surface area contributed by atoms with Crippen LogP contribution in [0.2, 0.25) is 0 Å². The lowest BCUT2D eigenvalue weighted by atomic mass is 10.0. The number of rotatable bonds is 12. The fourth-order valence-electron chi connectivity index (χ4n) is 3.29. The first kappa shape index (κ1) is 19.4. The summed E-state index contributed by atoms with van der Waals surface area (Å²) in [6, 6.07) is 8.02.